The molecule has 0 radical (unpaired) electrons. The van der Waals surface area contributed by atoms with Crippen molar-refractivity contribution in [1.82, 2.24) is 15.1 Å². The molecule has 31 heavy (non-hydrogen) atoms. The Kier molecular flexibility index (Phi) is 6.33. The number of halogens is 4. The van der Waals surface area contributed by atoms with Gasteiger partial charge in [0.15, 0.2) is 11.4 Å². The Labute approximate surface area is 174 Å². The van der Waals surface area contributed by atoms with Crippen molar-refractivity contribution in [2.24, 2.45) is 0 Å². The zero-order valence-electron chi connectivity index (χ0n) is 16.4. The number of hydrogen-bond acceptors (Lipinski definition) is 5. The number of hydrogen-bond donors (Lipinski definition) is 1. The summed E-state index contributed by atoms with van der Waals surface area (Å²) in [4.78, 5) is 12.2. The standard InChI is InChI=1S/C20H17F4N3O4/c1-29-15-4-3-5-16(30-2)14(15)10-25-19(28)31-17-11-26-27(18(17)20(22,23)24)13-8-6-12(21)7-9-13/h3-9,11H,10H2,1-2H3,(H,25,28). The maximum Gasteiger partial charge on any atom is 0.437 e. The summed E-state index contributed by atoms with van der Waals surface area (Å²) in [6.45, 7) is -0.126. The minimum Gasteiger partial charge on any atom is -0.496 e. The minimum absolute atomic E-state index is 0.0530. The van der Waals surface area contributed by atoms with Gasteiger partial charge in [0.2, 0.25) is 0 Å². The van der Waals surface area contributed by atoms with E-state index in [-0.39, 0.29) is 12.2 Å². The van der Waals surface area contributed by atoms with Gasteiger partial charge in [-0.25, -0.2) is 13.9 Å². The van der Waals surface area contributed by atoms with Gasteiger partial charge in [0.1, 0.15) is 17.3 Å². The number of alkyl halides is 3. The molecule has 0 fully saturated rings. The van der Waals surface area contributed by atoms with Crippen LogP contribution < -0.4 is 19.5 Å². The molecule has 7 nitrogen and oxygen atoms in total. The highest BCUT2D eigenvalue weighted by molar-refractivity contribution is 5.71. The number of amides is 1. The van der Waals surface area contributed by atoms with Crippen molar-refractivity contribution < 1.29 is 36.6 Å². The Morgan fingerprint density at radius 3 is 2.19 bits per heavy atom. The number of aromatic nitrogens is 2. The predicted molar refractivity (Wildman–Crippen MR) is 101 cm³/mol. The van der Waals surface area contributed by atoms with Crippen LogP contribution >= 0.6 is 0 Å². The van der Waals surface area contributed by atoms with Crippen LogP contribution in [0.2, 0.25) is 0 Å². The van der Waals surface area contributed by atoms with Crippen LogP contribution in [0.5, 0.6) is 17.2 Å². The van der Waals surface area contributed by atoms with Crippen LogP contribution in [-0.2, 0) is 12.7 Å². The smallest absolute Gasteiger partial charge is 0.437 e. The molecule has 11 heteroatoms. The van der Waals surface area contributed by atoms with Crippen LogP contribution in [-0.4, -0.2) is 30.1 Å². The highest BCUT2D eigenvalue weighted by Gasteiger charge is 2.40. The fraction of sp³-hybridized carbons (Fsp3) is 0.200. The van der Waals surface area contributed by atoms with Gasteiger partial charge in [-0.1, -0.05) is 6.07 Å². The number of benzene rings is 2. The van der Waals surface area contributed by atoms with Gasteiger partial charge >= 0.3 is 12.3 Å². The molecule has 0 aliphatic heterocycles. The number of carbonyl (C=O) groups excluding carboxylic acids is 1. The van der Waals surface area contributed by atoms with Gasteiger partial charge in [0.25, 0.3) is 0 Å². The van der Waals surface area contributed by atoms with E-state index in [4.69, 9.17) is 14.2 Å². The monoisotopic (exact) mass is 439 g/mol. The van der Waals surface area contributed by atoms with Crippen molar-refractivity contribution in [3.63, 3.8) is 0 Å². The molecule has 1 amide bonds. The summed E-state index contributed by atoms with van der Waals surface area (Å²) >= 11 is 0. The lowest BCUT2D eigenvalue weighted by molar-refractivity contribution is -0.143. The summed E-state index contributed by atoms with van der Waals surface area (Å²) in [7, 11) is 2.85. The second-order valence-electron chi connectivity index (χ2n) is 6.13. The lowest BCUT2D eigenvalue weighted by Gasteiger charge is -2.14. The van der Waals surface area contributed by atoms with Gasteiger partial charge in [0.05, 0.1) is 38.2 Å². The van der Waals surface area contributed by atoms with Gasteiger partial charge in [-0.15, -0.1) is 0 Å². The van der Waals surface area contributed by atoms with E-state index in [1.54, 1.807) is 18.2 Å². The first-order valence-electron chi connectivity index (χ1n) is 8.81. The van der Waals surface area contributed by atoms with Crippen molar-refractivity contribution in [2.75, 3.05) is 14.2 Å². The van der Waals surface area contributed by atoms with Crippen molar-refractivity contribution in [3.8, 4) is 22.9 Å². The van der Waals surface area contributed by atoms with Crippen LogP contribution in [0.4, 0.5) is 22.4 Å². The van der Waals surface area contributed by atoms with E-state index in [1.165, 1.54) is 14.2 Å². The summed E-state index contributed by atoms with van der Waals surface area (Å²) in [5.41, 5.74) is -0.894. The molecule has 1 N–H and O–H groups in total. The Morgan fingerprint density at radius 2 is 1.65 bits per heavy atom. The molecule has 0 saturated carbocycles. The van der Waals surface area contributed by atoms with Gasteiger partial charge < -0.3 is 19.5 Å². The Morgan fingerprint density at radius 1 is 1.03 bits per heavy atom. The number of nitrogens with zero attached hydrogens (tertiary/aromatic N) is 2. The van der Waals surface area contributed by atoms with E-state index < -0.39 is 29.5 Å². The Hall–Kier alpha value is -3.76. The average molecular weight is 439 g/mol. The van der Waals surface area contributed by atoms with E-state index in [2.05, 4.69) is 10.4 Å². The van der Waals surface area contributed by atoms with Gasteiger partial charge in [-0.05, 0) is 36.4 Å². The fourth-order valence-corrected chi connectivity index (χ4v) is 2.84. The van der Waals surface area contributed by atoms with Crippen molar-refractivity contribution in [2.45, 2.75) is 12.7 Å². The van der Waals surface area contributed by atoms with E-state index >= 15 is 0 Å². The molecule has 2 aromatic carbocycles. The molecule has 3 rings (SSSR count). The topological polar surface area (TPSA) is 74.6 Å². The van der Waals surface area contributed by atoms with Crippen LogP contribution in [0, 0.1) is 5.82 Å². The molecule has 0 saturated heterocycles. The summed E-state index contributed by atoms with van der Waals surface area (Å²) in [5.74, 6) is -0.590. The lowest BCUT2D eigenvalue weighted by atomic mass is 10.1. The second kappa shape index (κ2) is 8.94. The van der Waals surface area contributed by atoms with E-state index in [0.717, 1.165) is 30.5 Å². The number of methoxy groups -OCH3 is 2. The first kappa shape index (κ1) is 21.9. The first-order valence-corrected chi connectivity index (χ1v) is 8.81. The molecule has 3 aromatic rings. The average Bonchev–Trinajstić information content (AvgIpc) is 3.16. The quantitative estimate of drug-likeness (QED) is 0.579. The van der Waals surface area contributed by atoms with E-state index in [0.29, 0.717) is 21.7 Å². The zero-order chi connectivity index (χ0) is 22.6. The molecular weight excluding hydrogens is 422 g/mol. The number of carbonyl (C=O) groups is 1. The van der Waals surface area contributed by atoms with Gasteiger partial charge in [-0.3, -0.25) is 0 Å². The minimum atomic E-state index is -4.90. The maximum absolute atomic E-state index is 13.6. The maximum atomic E-state index is 13.6. The summed E-state index contributed by atoms with van der Waals surface area (Å²) in [6.07, 6.45) is -5.28. The third kappa shape index (κ3) is 4.87. The van der Waals surface area contributed by atoms with Crippen LogP contribution in [0.3, 0.4) is 0 Å². The van der Waals surface area contributed by atoms with Crippen LogP contribution in [0.1, 0.15) is 11.3 Å². The highest BCUT2D eigenvalue weighted by atomic mass is 19.4. The highest BCUT2D eigenvalue weighted by Crippen LogP contribution is 2.37. The Bertz CT molecular complexity index is 1040. The normalized spacial score (nSPS) is 11.2. The molecule has 0 aliphatic carbocycles. The van der Waals surface area contributed by atoms with Crippen LogP contribution in [0.25, 0.3) is 5.69 Å². The molecule has 0 aliphatic rings. The van der Waals surface area contributed by atoms with Gasteiger partial charge in [0, 0.05) is 0 Å². The summed E-state index contributed by atoms with van der Waals surface area (Å²) < 4.78 is 69.8. The van der Waals surface area contributed by atoms with Crippen molar-refractivity contribution in [3.05, 3.63) is 65.7 Å². The third-order valence-corrected chi connectivity index (χ3v) is 4.22. The molecule has 1 aromatic heterocycles. The lowest BCUT2D eigenvalue weighted by Crippen LogP contribution is -2.27. The number of nitrogens with one attached hydrogen (secondary N) is 1. The van der Waals surface area contributed by atoms with Crippen LogP contribution in [0.15, 0.2) is 48.7 Å². The van der Waals surface area contributed by atoms with Gasteiger partial charge in [-0.2, -0.15) is 18.3 Å². The van der Waals surface area contributed by atoms with Crippen molar-refractivity contribution in [1.29, 1.82) is 0 Å². The molecular formula is C20H17F4N3O4. The summed E-state index contributed by atoms with van der Waals surface area (Å²) in [5, 5.41) is 5.99. The molecule has 0 atom stereocenters. The number of rotatable bonds is 6. The Balaban J connectivity index is 1.82. The summed E-state index contributed by atoms with van der Waals surface area (Å²) in [6, 6.07) is 9.18. The fourth-order valence-electron chi connectivity index (χ4n) is 2.84. The SMILES string of the molecule is COc1cccc(OC)c1CNC(=O)Oc1cnn(-c2ccc(F)cc2)c1C(F)(F)F. The zero-order valence-corrected chi connectivity index (χ0v) is 16.4. The number of ether oxygens (including phenoxy) is 3. The molecule has 0 unspecified atom stereocenters. The third-order valence-electron chi connectivity index (χ3n) is 4.22. The molecule has 1 heterocycles. The first-order chi connectivity index (χ1) is 14.7. The second-order valence-corrected chi connectivity index (χ2v) is 6.13. The van der Waals surface area contributed by atoms with Crippen molar-refractivity contribution >= 4 is 6.09 Å². The van der Waals surface area contributed by atoms with E-state index in [9.17, 15) is 22.4 Å². The predicted octanol–water partition coefficient (Wildman–Crippen LogP) is 4.34. The molecule has 164 valence electrons. The van der Waals surface area contributed by atoms with E-state index in [1.807, 2.05) is 0 Å². The molecule has 0 spiro atoms. The molecule has 0 bridgehead atoms. The largest absolute Gasteiger partial charge is 0.496 e.